The number of rotatable bonds is 5. The average Bonchev–Trinajstić information content (AvgIpc) is 3.06. The summed E-state index contributed by atoms with van der Waals surface area (Å²) >= 11 is 0. The number of nitrogens with one attached hydrogen (secondary N) is 1. The molecule has 0 spiro atoms. The van der Waals surface area contributed by atoms with Gasteiger partial charge in [0.15, 0.2) is 6.04 Å². The van der Waals surface area contributed by atoms with Gasteiger partial charge in [-0.1, -0.05) is 17.7 Å². The molecule has 1 unspecified atom stereocenters. The molecule has 3 aliphatic rings. The number of carbonyl (C=O) groups is 3. The number of aryl methyl sites for hydroxylation is 1. The van der Waals surface area contributed by atoms with E-state index >= 15 is 0 Å². The zero-order chi connectivity index (χ0) is 21.3. The first-order valence-corrected chi connectivity index (χ1v) is 10.0. The van der Waals surface area contributed by atoms with E-state index in [1.807, 2.05) is 19.1 Å². The smallest absolute Gasteiger partial charge is 0.355 e. The quantitative estimate of drug-likeness (QED) is 0.761. The zero-order valence-electron chi connectivity index (χ0n) is 17.1. The van der Waals surface area contributed by atoms with Crippen molar-refractivity contribution < 1.29 is 19.1 Å². The minimum atomic E-state index is -0.788. The maximum atomic E-state index is 13.1. The maximum absolute atomic E-state index is 13.1. The van der Waals surface area contributed by atoms with Crippen molar-refractivity contribution in [3.05, 3.63) is 41.6 Å². The molecule has 0 saturated carbocycles. The van der Waals surface area contributed by atoms with Crippen molar-refractivity contribution in [2.75, 3.05) is 51.3 Å². The molecular weight excluding hydrogens is 386 g/mol. The lowest BCUT2D eigenvalue weighted by Crippen LogP contribution is -2.54. The number of likely N-dealkylation sites (N-methyl/N-ethyl adjacent to an activating group) is 1. The molecule has 0 aliphatic carbocycles. The summed E-state index contributed by atoms with van der Waals surface area (Å²) in [5.74, 6) is -0.746. The predicted molar refractivity (Wildman–Crippen MR) is 111 cm³/mol. The van der Waals surface area contributed by atoms with Crippen LogP contribution >= 0.6 is 0 Å². The van der Waals surface area contributed by atoms with E-state index in [1.54, 1.807) is 30.3 Å². The highest BCUT2D eigenvalue weighted by molar-refractivity contribution is 6.39. The highest BCUT2D eigenvalue weighted by atomic mass is 16.5. The second-order valence-corrected chi connectivity index (χ2v) is 7.61. The Labute approximate surface area is 175 Å². The summed E-state index contributed by atoms with van der Waals surface area (Å²) < 4.78 is 5.32. The molecule has 0 radical (unpaired) electrons. The highest BCUT2D eigenvalue weighted by Crippen LogP contribution is 2.28. The van der Waals surface area contributed by atoms with Gasteiger partial charge in [-0.3, -0.25) is 14.5 Å². The lowest BCUT2D eigenvalue weighted by molar-refractivity contribution is -0.120. The third-order valence-electron chi connectivity index (χ3n) is 5.49. The predicted octanol–water partition coefficient (Wildman–Crippen LogP) is 0.549. The minimum Gasteiger partial charge on any atom is -0.379 e. The lowest BCUT2D eigenvalue weighted by atomic mass is 10.0. The van der Waals surface area contributed by atoms with Gasteiger partial charge < -0.3 is 15.0 Å². The first kappa shape index (κ1) is 20.2. The van der Waals surface area contributed by atoms with Crippen LogP contribution in [-0.2, 0) is 14.3 Å². The summed E-state index contributed by atoms with van der Waals surface area (Å²) in [6.45, 7) is 6.19. The van der Waals surface area contributed by atoms with Crippen LogP contribution in [0.3, 0.4) is 0 Å². The summed E-state index contributed by atoms with van der Waals surface area (Å²) in [6.07, 6.45) is 1.58. The summed E-state index contributed by atoms with van der Waals surface area (Å²) in [5.41, 5.74) is 1.96. The monoisotopic (exact) mass is 411 g/mol. The number of hydrogen-bond donors (Lipinski definition) is 1. The van der Waals surface area contributed by atoms with Gasteiger partial charge in [-0.2, -0.15) is 4.99 Å². The van der Waals surface area contributed by atoms with Crippen molar-refractivity contribution in [2.45, 2.75) is 13.0 Å². The van der Waals surface area contributed by atoms with Crippen molar-refractivity contribution >= 4 is 29.2 Å². The molecule has 9 heteroatoms. The number of hydrogen-bond acceptors (Lipinski definition) is 6. The van der Waals surface area contributed by atoms with Gasteiger partial charge in [0.1, 0.15) is 0 Å². The van der Waals surface area contributed by atoms with Gasteiger partial charge in [-0.05, 0) is 19.1 Å². The largest absolute Gasteiger partial charge is 0.379 e. The summed E-state index contributed by atoms with van der Waals surface area (Å²) in [6, 6.07) is 5.63. The molecule has 30 heavy (non-hydrogen) atoms. The molecule has 0 bridgehead atoms. The van der Waals surface area contributed by atoms with Crippen molar-refractivity contribution in [3.63, 3.8) is 0 Å². The molecule has 1 saturated heterocycles. The van der Waals surface area contributed by atoms with E-state index in [4.69, 9.17) is 4.74 Å². The van der Waals surface area contributed by atoms with Gasteiger partial charge in [0.2, 0.25) is 0 Å². The molecule has 158 valence electrons. The third-order valence-corrected chi connectivity index (χ3v) is 5.49. The highest BCUT2D eigenvalue weighted by Gasteiger charge is 2.46. The summed E-state index contributed by atoms with van der Waals surface area (Å²) in [7, 11) is 1.70. The third kappa shape index (κ3) is 3.86. The van der Waals surface area contributed by atoms with E-state index in [1.165, 1.54) is 0 Å². The Morgan fingerprint density at radius 2 is 1.90 bits per heavy atom. The van der Waals surface area contributed by atoms with Crippen molar-refractivity contribution in [3.8, 4) is 0 Å². The van der Waals surface area contributed by atoms with Gasteiger partial charge in [-0.15, -0.1) is 0 Å². The Bertz CT molecular complexity index is 918. The van der Waals surface area contributed by atoms with Crippen molar-refractivity contribution in [1.29, 1.82) is 0 Å². The number of fused-ring (bicyclic) bond motifs is 1. The average molecular weight is 411 g/mol. The van der Waals surface area contributed by atoms with Crippen LogP contribution in [0.1, 0.15) is 5.56 Å². The van der Waals surface area contributed by atoms with E-state index in [2.05, 4.69) is 15.2 Å². The van der Waals surface area contributed by atoms with Crippen LogP contribution in [0, 0.1) is 6.92 Å². The number of carbonyl (C=O) groups excluding carboxylic acids is 3. The lowest BCUT2D eigenvalue weighted by Gasteiger charge is -2.30. The molecule has 1 fully saturated rings. The normalized spacial score (nSPS) is 22.0. The van der Waals surface area contributed by atoms with Gasteiger partial charge in [-0.25, -0.2) is 9.69 Å². The number of ether oxygens (including phenoxy) is 1. The van der Waals surface area contributed by atoms with E-state index in [0.717, 1.165) is 23.6 Å². The molecule has 0 aromatic heterocycles. The van der Waals surface area contributed by atoms with E-state index in [9.17, 15) is 14.4 Å². The number of morpholine rings is 1. The van der Waals surface area contributed by atoms with E-state index in [0.29, 0.717) is 32.0 Å². The Morgan fingerprint density at radius 3 is 2.60 bits per heavy atom. The van der Waals surface area contributed by atoms with Crippen LogP contribution in [0.5, 0.6) is 0 Å². The molecule has 1 N–H and O–H groups in total. The molecule has 4 rings (SSSR count). The number of benzene rings is 1. The zero-order valence-corrected chi connectivity index (χ0v) is 17.1. The van der Waals surface area contributed by atoms with Crippen LogP contribution in [0.25, 0.3) is 0 Å². The first-order chi connectivity index (χ1) is 14.5. The molecular formula is C21H25N5O4. The standard InChI is InChI=1S/C21H25N5O4/c1-14-3-5-15(6-4-14)26-20(28)18-17(23-21(26)29)16(13-24(18)2)19(27)22-7-8-25-9-11-30-12-10-25/h3-6,13,18H,7-12H2,1-2H3,(H,22,27). The Hall–Kier alpha value is -3.04. The minimum absolute atomic E-state index is 0.208. The van der Waals surface area contributed by atoms with Gasteiger partial charge >= 0.3 is 6.03 Å². The number of amides is 4. The number of nitrogens with zero attached hydrogens (tertiary/aromatic N) is 4. The Morgan fingerprint density at radius 1 is 1.20 bits per heavy atom. The first-order valence-electron chi connectivity index (χ1n) is 10.0. The second-order valence-electron chi connectivity index (χ2n) is 7.61. The molecule has 3 heterocycles. The van der Waals surface area contributed by atoms with Crippen LogP contribution in [0.4, 0.5) is 10.5 Å². The SMILES string of the molecule is Cc1ccc(N2C(=O)N=C3C(C(=O)NCCN4CCOCC4)=CN(C)C3C2=O)cc1. The van der Waals surface area contributed by atoms with Gasteiger partial charge in [0.05, 0.1) is 30.2 Å². The number of imide groups is 1. The Kier molecular flexibility index (Phi) is 5.65. The van der Waals surface area contributed by atoms with Crippen LogP contribution < -0.4 is 10.2 Å². The number of anilines is 1. The second kappa shape index (κ2) is 8.37. The number of aliphatic imine (C=N–C) groups is 1. The summed E-state index contributed by atoms with van der Waals surface area (Å²) in [5, 5.41) is 2.87. The van der Waals surface area contributed by atoms with Crippen LogP contribution in [-0.4, -0.2) is 85.8 Å². The topological polar surface area (TPSA) is 94.6 Å². The van der Waals surface area contributed by atoms with Gasteiger partial charge in [0, 0.05) is 39.4 Å². The summed E-state index contributed by atoms with van der Waals surface area (Å²) in [4.78, 5) is 47.5. The van der Waals surface area contributed by atoms with Gasteiger partial charge in [0.25, 0.3) is 11.8 Å². The van der Waals surface area contributed by atoms with E-state index in [-0.39, 0.29) is 17.2 Å². The van der Waals surface area contributed by atoms with Crippen LogP contribution in [0.2, 0.25) is 0 Å². The molecule has 1 aromatic rings. The van der Waals surface area contributed by atoms with E-state index < -0.39 is 18.0 Å². The van der Waals surface area contributed by atoms with Crippen molar-refractivity contribution in [2.24, 2.45) is 4.99 Å². The fraction of sp³-hybridized carbons (Fsp3) is 0.429. The number of urea groups is 1. The molecule has 3 aliphatic heterocycles. The molecule has 9 nitrogen and oxygen atoms in total. The Balaban J connectivity index is 1.46. The fourth-order valence-corrected chi connectivity index (χ4v) is 3.82. The maximum Gasteiger partial charge on any atom is 0.355 e. The fourth-order valence-electron chi connectivity index (χ4n) is 3.82. The molecule has 1 atom stereocenters. The van der Waals surface area contributed by atoms with Crippen LogP contribution in [0.15, 0.2) is 41.0 Å². The molecule has 1 aromatic carbocycles. The molecule has 4 amide bonds. The van der Waals surface area contributed by atoms with Crippen molar-refractivity contribution in [1.82, 2.24) is 15.1 Å².